The van der Waals surface area contributed by atoms with Gasteiger partial charge < -0.3 is 5.32 Å². The monoisotopic (exact) mass is 303 g/mol. The summed E-state index contributed by atoms with van der Waals surface area (Å²) >= 11 is 0. The molecule has 0 bridgehead atoms. The molecule has 0 atom stereocenters. The highest BCUT2D eigenvalue weighted by Crippen LogP contribution is 2.23. The average molecular weight is 303 g/mol. The molecular weight excluding hydrogens is 286 g/mol. The van der Waals surface area contributed by atoms with Crippen LogP contribution >= 0.6 is 0 Å². The van der Waals surface area contributed by atoms with Gasteiger partial charge in [0.15, 0.2) is 5.65 Å². The summed E-state index contributed by atoms with van der Waals surface area (Å²) in [6.45, 7) is 0.696. The van der Waals surface area contributed by atoms with Crippen molar-refractivity contribution in [3.63, 3.8) is 0 Å². The van der Waals surface area contributed by atoms with Gasteiger partial charge in [0.25, 0.3) is 0 Å². The number of hydrogen-bond acceptors (Lipinski definition) is 4. The quantitative estimate of drug-likeness (QED) is 0.802. The Bertz CT molecular complexity index is 877. The first-order valence-electron chi connectivity index (χ1n) is 7.75. The number of pyridine rings is 1. The second-order valence-electron chi connectivity index (χ2n) is 5.48. The third-order valence-corrected chi connectivity index (χ3v) is 3.85. The molecule has 5 nitrogen and oxygen atoms in total. The van der Waals surface area contributed by atoms with Gasteiger partial charge in [0.1, 0.15) is 5.82 Å². The second-order valence-corrected chi connectivity index (χ2v) is 5.48. The van der Waals surface area contributed by atoms with Crippen molar-refractivity contribution in [2.45, 2.75) is 19.4 Å². The predicted molar refractivity (Wildman–Crippen MR) is 90.9 cm³/mol. The first-order valence-corrected chi connectivity index (χ1v) is 7.75. The van der Waals surface area contributed by atoms with E-state index in [4.69, 9.17) is 4.98 Å². The van der Waals surface area contributed by atoms with E-state index in [2.05, 4.69) is 45.8 Å². The SMILES string of the molecule is C1=CC(c2cc(NCc3cccnc3)n3nccc3n2)=CCC1. The average Bonchev–Trinajstić information content (AvgIpc) is 3.10. The van der Waals surface area contributed by atoms with Crippen LogP contribution in [0, 0.1) is 0 Å². The molecule has 3 aromatic heterocycles. The van der Waals surface area contributed by atoms with Gasteiger partial charge in [0, 0.05) is 31.1 Å². The van der Waals surface area contributed by atoms with Crippen molar-refractivity contribution in [2.75, 3.05) is 5.32 Å². The number of anilines is 1. The second kappa shape index (κ2) is 6.04. The maximum absolute atomic E-state index is 4.70. The Hall–Kier alpha value is -2.95. The van der Waals surface area contributed by atoms with Crippen LogP contribution in [0.1, 0.15) is 24.1 Å². The van der Waals surface area contributed by atoms with E-state index in [1.807, 2.05) is 22.8 Å². The third-order valence-electron chi connectivity index (χ3n) is 3.85. The molecule has 1 aliphatic carbocycles. The Labute approximate surface area is 134 Å². The summed E-state index contributed by atoms with van der Waals surface area (Å²) in [7, 11) is 0. The fourth-order valence-corrected chi connectivity index (χ4v) is 2.69. The zero-order valence-electron chi connectivity index (χ0n) is 12.7. The summed E-state index contributed by atoms with van der Waals surface area (Å²) in [6.07, 6.45) is 14.2. The van der Waals surface area contributed by atoms with Crippen molar-refractivity contribution >= 4 is 17.0 Å². The minimum absolute atomic E-state index is 0.696. The number of rotatable bonds is 4. The highest BCUT2D eigenvalue weighted by molar-refractivity contribution is 5.75. The lowest BCUT2D eigenvalue weighted by molar-refractivity contribution is 0.920. The molecule has 3 aromatic rings. The summed E-state index contributed by atoms with van der Waals surface area (Å²) in [5, 5.41) is 7.79. The normalized spacial score (nSPS) is 14.0. The number of allylic oxidation sites excluding steroid dienone is 4. The van der Waals surface area contributed by atoms with Gasteiger partial charge in [-0.1, -0.05) is 24.3 Å². The summed E-state index contributed by atoms with van der Waals surface area (Å²) in [5.41, 5.74) is 4.12. The van der Waals surface area contributed by atoms with E-state index in [1.165, 1.54) is 5.57 Å². The van der Waals surface area contributed by atoms with Crippen LogP contribution in [-0.2, 0) is 6.54 Å². The molecule has 1 aliphatic rings. The lowest BCUT2D eigenvalue weighted by Crippen LogP contribution is -2.07. The standard InChI is InChI=1S/C18H17N5/c1-2-6-15(7-3-1)16-11-18(23-17(22-16)8-10-21-23)20-13-14-5-4-9-19-12-14/h2,4-12,20H,1,3,13H2. The van der Waals surface area contributed by atoms with E-state index in [9.17, 15) is 0 Å². The van der Waals surface area contributed by atoms with Crippen molar-refractivity contribution in [3.8, 4) is 0 Å². The van der Waals surface area contributed by atoms with Crippen LogP contribution in [0.3, 0.4) is 0 Å². The summed E-state index contributed by atoms with van der Waals surface area (Å²) < 4.78 is 1.83. The number of fused-ring (bicyclic) bond motifs is 1. The van der Waals surface area contributed by atoms with Crippen LogP contribution in [-0.4, -0.2) is 19.6 Å². The van der Waals surface area contributed by atoms with Gasteiger partial charge >= 0.3 is 0 Å². The van der Waals surface area contributed by atoms with Crippen LogP contribution in [0.5, 0.6) is 0 Å². The van der Waals surface area contributed by atoms with E-state index in [0.29, 0.717) is 6.54 Å². The lowest BCUT2D eigenvalue weighted by atomic mass is 10.0. The maximum Gasteiger partial charge on any atom is 0.157 e. The first kappa shape index (κ1) is 13.7. The lowest BCUT2D eigenvalue weighted by Gasteiger charge is -2.12. The Balaban J connectivity index is 1.68. The highest BCUT2D eigenvalue weighted by Gasteiger charge is 2.09. The largest absolute Gasteiger partial charge is 0.366 e. The molecule has 0 aliphatic heterocycles. The van der Waals surface area contributed by atoms with E-state index in [0.717, 1.165) is 35.6 Å². The number of nitrogens with zero attached hydrogens (tertiary/aromatic N) is 4. The molecule has 3 heterocycles. The molecule has 23 heavy (non-hydrogen) atoms. The van der Waals surface area contributed by atoms with Crippen molar-refractivity contribution in [3.05, 3.63) is 72.3 Å². The molecule has 0 amide bonds. The van der Waals surface area contributed by atoms with E-state index in [-0.39, 0.29) is 0 Å². The van der Waals surface area contributed by atoms with E-state index >= 15 is 0 Å². The molecule has 0 radical (unpaired) electrons. The molecule has 0 saturated heterocycles. The topological polar surface area (TPSA) is 55.1 Å². The molecule has 4 rings (SSSR count). The Morgan fingerprint density at radius 3 is 3.00 bits per heavy atom. The van der Waals surface area contributed by atoms with Gasteiger partial charge in [-0.3, -0.25) is 4.98 Å². The molecule has 0 fully saturated rings. The van der Waals surface area contributed by atoms with E-state index in [1.54, 1.807) is 12.4 Å². The van der Waals surface area contributed by atoms with Crippen LogP contribution < -0.4 is 5.32 Å². The van der Waals surface area contributed by atoms with Gasteiger partial charge in [-0.2, -0.15) is 9.61 Å². The van der Waals surface area contributed by atoms with Crippen LogP contribution in [0.15, 0.2) is 61.1 Å². The molecule has 114 valence electrons. The Morgan fingerprint density at radius 1 is 1.17 bits per heavy atom. The van der Waals surface area contributed by atoms with Gasteiger partial charge in [-0.15, -0.1) is 0 Å². The maximum atomic E-state index is 4.70. The Morgan fingerprint density at radius 2 is 2.17 bits per heavy atom. The van der Waals surface area contributed by atoms with Crippen LogP contribution in [0.2, 0.25) is 0 Å². The van der Waals surface area contributed by atoms with Crippen LogP contribution in [0.25, 0.3) is 11.2 Å². The predicted octanol–water partition coefficient (Wildman–Crippen LogP) is 3.47. The summed E-state index contributed by atoms with van der Waals surface area (Å²) in [5.74, 6) is 0.929. The fourth-order valence-electron chi connectivity index (χ4n) is 2.69. The van der Waals surface area contributed by atoms with Crippen molar-refractivity contribution in [1.29, 1.82) is 0 Å². The smallest absolute Gasteiger partial charge is 0.157 e. The molecule has 0 spiro atoms. The molecule has 1 N–H and O–H groups in total. The molecule has 0 aromatic carbocycles. The summed E-state index contributed by atoms with van der Waals surface area (Å²) in [6, 6.07) is 7.97. The van der Waals surface area contributed by atoms with E-state index < -0.39 is 0 Å². The van der Waals surface area contributed by atoms with Gasteiger partial charge in [-0.25, -0.2) is 4.98 Å². The molecule has 0 unspecified atom stereocenters. The fraction of sp³-hybridized carbons (Fsp3) is 0.167. The third kappa shape index (κ3) is 2.85. The van der Waals surface area contributed by atoms with Gasteiger partial charge in [0.05, 0.1) is 11.9 Å². The zero-order valence-corrected chi connectivity index (χ0v) is 12.7. The molecule has 0 saturated carbocycles. The molecular formula is C18H17N5. The van der Waals surface area contributed by atoms with Crippen molar-refractivity contribution in [2.24, 2.45) is 0 Å². The minimum Gasteiger partial charge on any atom is -0.366 e. The summed E-state index contributed by atoms with van der Waals surface area (Å²) in [4.78, 5) is 8.85. The number of aromatic nitrogens is 4. The Kier molecular flexibility index (Phi) is 3.60. The van der Waals surface area contributed by atoms with Crippen LogP contribution in [0.4, 0.5) is 5.82 Å². The van der Waals surface area contributed by atoms with Crippen molar-refractivity contribution in [1.82, 2.24) is 19.6 Å². The molecule has 5 heteroatoms. The zero-order chi connectivity index (χ0) is 15.5. The highest BCUT2D eigenvalue weighted by atomic mass is 15.3. The minimum atomic E-state index is 0.696. The van der Waals surface area contributed by atoms with Gasteiger partial charge in [0.2, 0.25) is 0 Å². The number of hydrogen-bond donors (Lipinski definition) is 1. The van der Waals surface area contributed by atoms with Crippen molar-refractivity contribution < 1.29 is 0 Å². The first-order chi connectivity index (χ1) is 11.4. The number of nitrogens with one attached hydrogen (secondary N) is 1. The van der Waals surface area contributed by atoms with Gasteiger partial charge in [-0.05, 0) is 30.0 Å².